The summed E-state index contributed by atoms with van der Waals surface area (Å²) in [6, 6.07) is 4.77. The minimum Gasteiger partial charge on any atom is -0.307 e. The van der Waals surface area contributed by atoms with Crippen LogP contribution < -0.4 is 0 Å². The summed E-state index contributed by atoms with van der Waals surface area (Å²) in [5, 5.41) is 0.0678. The Morgan fingerprint density at radius 3 is 2.82 bits per heavy atom. The van der Waals surface area contributed by atoms with Crippen molar-refractivity contribution in [1.29, 1.82) is 0 Å². The molecule has 0 radical (unpaired) electrons. The molecule has 1 aromatic rings. The SMILES string of the molecule is CCN(C)CCC(C=O)c1cccc(Cl)c1F. The molecule has 1 rings (SSSR count). The maximum Gasteiger partial charge on any atom is 0.145 e. The lowest BCUT2D eigenvalue weighted by atomic mass is 9.96. The lowest BCUT2D eigenvalue weighted by molar-refractivity contribution is -0.109. The van der Waals surface area contributed by atoms with Gasteiger partial charge in [-0.1, -0.05) is 30.7 Å². The lowest BCUT2D eigenvalue weighted by Gasteiger charge is -2.17. The third kappa shape index (κ3) is 3.79. The molecule has 17 heavy (non-hydrogen) atoms. The van der Waals surface area contributed by atoms with E-state index in [1.165, 1.54) is 6.07 Å². The van der Waals surface area contributed by atoms with Crippen LogP contribution in [0.15, 0.2) is 18.2 Å². The number of carbonyl (C=O) groups is 1. The first-order valence-corrected chi connectivity index (χ1v) is 6.05. The van der Waals surface area contributed by atoms with Crippen LogP contribution in [0.1, 0.15) is 24.8 Å². The van der Waals surface area contributed by atoms with Crippen molar-refractivity contribution < 1.29 is 9.18 Å². The summed E-state index contributed by atoms with van der Waals surface area (Å²) in [5.41, 5.74) is 0.386. The predicted molar refractivity (Wildman–Crippen MR) is 68.0 cm³/mol. The zero-order valence-corrected chi connectivity index (χ0v) is 10.9. The molecule has 0 saturated heterocycles. The third-order valence-corrected chi connectivity index (χ3v) is 3.20. The number of hydrogen-bond donors (Lipinski definition) is 0. The Labute approximate surface area is 106 Å². The van der Waals surface area contributed by atoms with Crippen LogP contribution in [0.5, 0.6) is 0 Å². The molecule has 94 valence electrons. The van der Waals surface area contributed by atoms with E-state index in [1.807, 2.05) is 14.0 Å². The fraction of sp³-hybridized carbons (Fsp3) is 0.462. The molecule has 0 saturated carbocycles. The van der Waals surface area contributed by atoms with E-state index in [0.29, 0.717) is 12.0 Å². The molecule has 0 heterocycles. The van der Waals surface area contributed by atoms with Crippen molar-refractivity contribution >= 4 is 17.9 Å². The van der Waals surface area contributed by atoms with E-state index in [4.69, 9.17) is 11.6 Å². The van der Waals surface area contributed by atoms with Gasteiger partial charge in [-0.2, -0.15) is 0 Å². The molecule has 1 aromatic carbocycles. The molecular weight excluding hydrogens is 241 g/mol. The van der Waals surface area contributed by atoms with Gasteiger partial charge in [0.15, 0.2) is 0 Å². The Kier molecular flexibility index (Phi) is 5.59. The largest absolute Gasteiger partial charge is 0.307 e. The summed E-state index contributed by atoms with van der Waals surface area (Å²) in [6.45, 7) is 3.70. The maximum atomic E-state index is 13.7. The molecule has 1 atom stereocenters. The number of carbonyl (C=O) groups excluding carboxylic acids is 1. The highest BCUT2D eigenvalue weighted by Gasteiger charge is 2.17. The molecular formula is C13H17ClFNO. The number of rotatable bonds is 6. The number of hydrogen-bond acceptors (Lipinski definition) is 2. The van der Waals surface area contributed by atoms with E-state index < -0.39 is 11.7 Å². The molecule has 0 spiro atoms. The van der Waals surface area contributed by atoms with E-state index in [1.54, 1.807) is 12.1 Å². The lowest BCUT2D eigenvalue weighted by Crippen LogP contribution is -2.21. The van der Waals surface area contributed by atoms with E-state index in [2.05, 4.69) is 4.90 Å². The Hall–Kier alpha value is -0.930. The number of nitrogens with zero attached hydrogens (tertiary/aromatic N) is 1. The highest BCUT2D eigenvalue weighted by atomic mass is 35.5. The number of benzene rings is 1. The van der Waals surface area contributed by atoms with Gasteiger partial charge in [0.1, 0.15) is 12.1 Å². The summed E-state index contributed by atoms with van der Waals surface area (Å²) in [5.74, 6) is -0.909. The van der Waals surface area contributed by atoms with Crippen LogP contribution in [0, 0.1) is 5.82 Å². The quantitative estimate of drug-likeness (QED) is 0.730. The first-order chi connectivity index (χ1) is 8.10. The standard InChI is InChI=1S/C13H17ClFNO/c1-3-16(2)8-7-10(9-17)11-5-4-6-12(14)13(11)15/h4-6,9-10H,3,7-8H2,1-2H3. The van der Waals surface area contributed by atoms with E-state index in [-0.39, 0.29) is 5.02 Å². The van der Waals surface area contributed by atoms with Gasteiger partial charge >= 0.3 is 0 Å². The Bertz CT molecular complexity index is 384. The normalized spacial score (nSPS) is 12.8. The number of halogens is 2. The molecule has 0 aliphatic heterocycles. The van der Waals surface area contributed by atoms with Gasteiger partial charge in [0.25, 0.3) is 0 Å². The molecule has 0 amide bonds. The van der Waals surface area contributed by atoms with Gasteiger partial charge < -0.3 is 9.69 Å². The fourth-order valence-corrected chi connectivity index (χ4v) is 1.80. The molecule has 1 unspecified atom stereocenters. The van der Waals surface area contributed by atoms with Crippen molar-refractivity contribution in [3.05, 3.63) is 34.6 Å². The predicted octanol–water partition coefficient (Wildman–Crippen LogP) is 3.10. The van der Waals surface area contributed by atoms with Crippen LogP contribution in [-0.2, 0) is 4.79 Å². The summed E-state index contributed by atoms with van der Waals surface area (Å²) >= 11 is 5.70. The molecule has 4 heteroatoms. The van der Waals surface area contributed by atoms with Gasteiger partial charge in [-0.15, -0.1) is 0 Å². The molecule has 0 aliphatic carbocycles. The van der Waals surface area contributed by atoms with Crippen molar-refractivity contribution in [2.24, 2.45) is 0 Å². The first kappa shape index (κ1) is 14.1. The Morgan fingerprint density at radius 2 is 2.24 bits per heavy atom. The molecule has 2 nitrogen and oxygen atoms in total. The Morgan fingerprint density at radius 1 is 1.53 bits per heavy atom. The van der Waals surface area contributed by atoms with Gasteiger partial charge in [0.05, 0.1) is 5.02 Å². The van der Waals surface area contributed by atoms with Gasteiger partial charge in [0.2, 0.25) is 0 Å². The van der Waals surface area contributed by atoms with Crippen molar-refractivity contribution in [1.82, 2.24) is 4.90 Å². The second kappa shape index (κ2) is 6.72. The monoisotopic (exact) mass is 257 g/mol. The summed E-state index contributed by atoms with van der Waals surface area (Å²) < 4.78 is 13.7. The second-order valence-corrected chi connectivity index (χ2v) is 4.48. The molecule has 0 aromatic heterocycles. The molecule has 0 bridgehead atoms. The summed E-state index contributed by atoms with van der Waals surface area (Å²) in [6.07, 6.45) is 1.39. The van der Waals surface area contributed by atoms with Crippen molar-refractivity contribution in [3.8, 4) is 0 Å². The highest BCUT2D eigenvalue weighted by Crippen LogP contribution is 2.25. The van der Waals surface area contributed by atoms with Gasteiger partial charge in [0, 0.05) is 5.92 Å². The van der Waals surface area contributed by atoms with E-state index >= 15 is 0 Å². The van der Waals surface area contributed by atoms with Crippen molar-refractivity contribution in [2.45, 2.75) is 19.3 Å². The maximum absolute atomic E-state index is 13.7. The van der Waals surface area contributed by atoms with Gasteiger partial charge in [-0.25, -0.2) is 4.39 Å². The third-order valence-electron chi connectivity index (χ3n) is 2.91. The van der Waals surface area contributed by atoms with Crippen LogP contribution in [0.3, 0.4) is 0 Å². The second-order valence-electron chi connectivity index (χ2n) is 4.07. The van der Waals surface area contributed by atoms with Crippen LogP contribution in [0.2, 0.25) is 5.02 Å². The average molecular weight is 258 g/mol. The van der Waals surface area contributed by atoms with E-state index in [9.17, 15) is 9.18 Å². The smallest absolute Gasteiger partial charge is 0.145 e. The summed E-state index contributed by atoms with van der Waals surface area (Å²) in [4.78, 5) is 13.1. The minimum atomic E-state index is -0.481. The van der Waals surface area contributed by atoms with Crippen molar-refractivity contribution in [3.63, 3.8) is 0 Å². The first-order valence-electron chi connectivity index (χ1n) is 5.67. The van der Waals surface area contributed by atoms with Crippen molar-refractivity contribution in [2.75, 3.05) is 20.1 Å². The molecule has 0 fully saturated rings. The van der Waals surface area contributed by atoms with Gasteiger partial charge in [-0.3, -0.25) is 0 Å². The topological polar surface area (TPSA) is 20.3 Å². The van der Waals surface area contributed by atoms with Crippen LogP contribution >= 0.6 is 11.6 Å². The molecule has 0 N–H and O–H groups in total. The fourth-order valence-electron chi connectivity index (χ4n) is 1.62. The average Bonchev–Trinajstić information content (AvgIpc) is 2.34. The zero-order chi connectivity index (χ0) is 12.8. The minimum absolute atomic E-state index is 0.0678. The number of aldehydes is 1. The molecule has 0 aliphatic rings. The van der Waals surface area contributed by atoms with Crippen LogP contribution in [0.25, 0.3) is 0 Å². The van der Waals surface area contributed by atoms with E-state index in [0.717, 1.165) is 19.4 Å². The zero-order valence-electron chi connectivity index (χ0n) is 10.1. The summed E-state index contributed by atoms with van der Waals surface area (Å²) in [7, 11) is 1.97. The van der Waals surface area contributed by atoms with Crippen LogP contribution in [-0.4, -0.2) is 31.3 Å². The van der Waals surface area contributed by atoms with Gasteiger partial charge in [-0.05, 0) is 38.2 Å². The highest BCUT2D eigenvalue weighted by molar-refractivity contribution is 6.30. The Balaban J connectivity index is 2.79. The van der Waals surface area contributed by atoms with Crippen LogP contribution in [0.4, 0.5) is 4.39 Å².